The van der Waals surface area contributed by atoms with E-state index in [1.54, 1.807) is 6.92 Å². The zero-order valence-corrected chi connectivity index (χ0v) is 18.7. The normalized spacial score (nSPS) is 23.4. The molecule has 1 aliphatic carbocycles. The molecule has 0 bridgehead atoms. The predicted molar refractivity (Wildman–Crippen MR) is 120 cm³/mol. The minimum atomic E-state index is -1.45. The second-order valence-corrected chi connectivity index (χ2v) is 8.27. The SMILES string of the molecule is CCC(=O)N(OC(O)CCC(=O)N1Cc2ccccc2/C=C\C2(C)C=CC=C[C@H]12)C(C)=O. The Morgan fingerprint density at radius 3 is 2.72 bits per heavy atom. The third kappa shape index (κ3) is 5.23. The molecule has 1 aromatic rings. The van der Waals surface area contributed by atoms with Gasteiger partial charge in [-0.05, 0) is 11.1 Å². The molecule has 7 heteroatoms. The van der Waals surface area contributed by atoms with Crippen molar-refractivity contribution in [3.05, 3.63) is 65.8 Å². The Labute approximate surface area is 188 Å². The molecule has 0 spiro atoms. The van der Waals surface area contributed by atoms with Crippen molar-refractivity contribution in [1.29, 1.82) is 0 Å². The highest BCUT2D eigenvalue weighted by molar-refractivity contribution is 5.92. The predicted octanol–water partition coefficient (Wildman–Crippen LogP) is 3.36. The van der Waals surface area contributed by atoms with Crippen LogP contribution in [0.2, 0.25) is 0 Å². The summed E-state index contributed by atoms with van der Waals surface area (Å²) in [5.74, 6) is -1.32. The van der Waals surface area contributed by atoms with E-state index in [-0.39, 0.29) is 36.6 Å². The molecule has 1 N–H and O–H groups in total. The van der Waals surface area contributed by atoms with Crippen molar-refractivity contribution in [3.8, 4) is 0 Å². The fraction of sp³-hybridized carbons (Fsp3) is 0.400. The van der Waals surface area contributed by atoms with Crippen LogP contribution >= 0.6 is 0 Å². The van der Waals surface area contributed by atoms with Crippen LogP contribution in [0.3, 0.4) is 0 Å². The Hall–Kier alpha value is -3.03. The molecular formula is C25H30N2O5. The molecular weight excluding hydrogens is 408 g/mol. The molecule has 3 rings (SSSR count). The van der Waals surface area contributed by atoms with E-state index in [0.29, 0.717) is 11.6 Å². The topological polar surface area (TPSA) is 87.2 Å². The molecule has 1 aliphatic heterocycles. The van der Waals surface area contributed by atoms with Crippen molar-refractivity contribution < 1.29 is 24.3 Å². The van der Waals surface area contributed by atoms with Crippen molar-refractivity contribution in [3.63, 3.8) is 0 Å². The van der Waals surface area contributed by atoms with E-state index in [9.17, 15) is 19.5 Å². The van der Waals surface area contributed by atoms with Crippen LogP contribution in [0, 0.1) is 5.41 Å². The third-order valence-corrected chi connectivity index (χ3v) is 5.82. The van der Waals surface area contributed by atoms with Crippen molar-refractivity contribution in [2.24, 2.45) is 5.41 Å². The Bertz CT molecular complexity index is 967. The van der Waals surface area contributed by atoms with Crippen LogP contribution in [0.5, 0.6) is 0 Å². The first-order valence-corrected chi connectivity index (χ1v) is 10.9. The van der Waals surface area contributed by atoms with Crippen molar-refractivity contribution in [2.45, 2.75) is 58.9 Å². The van der Waals surface area contributed by atoms with Gasteiger partial charge in [-0.25, -0.2) is 4.84 Å². The number of fused-ring (bicyclic) bond motifs is 2. The van der Waals surface area contributed by atoms with Gasteiger partial charge in [-0.1, -0.05) is 74.6 Å². The number of hydrogen-bond acceptors (Lipinski definition) is 5. The summed E-state index contributed by atoms with van der Waals surface area (Å²) < 4.78 is 0. The number of allylic oxidation sites excluding steroid dienone is 2. The molecule has 0 aromatic heterocycles. The fourth-order valence-electron chi connectivity index (χ4n) is 3.98. The second-order valence-electron chi connectivity index (χ2n) is 8.27. The minimum Gasteiger partial charge on any atom is -0.366 e. The highest BCUT2D eigenvalue weighted by atomic mass is 16.8. The van der Waals surface area contributed by atoms with Gasteiger partial charge < -0.3 is 10.0 Å². The molecule has 7 nitrogen and oxygen atoms in total. The van der Waals surface area contributed by atoms with E-state index in [1.165, 1.54) is 6.92 Å². The summed E-state index contributed by atoms with van der Waals surface area (Å²) in [5, 5.41) is 10.8. The molecule has 32 heavy (non-hydrogen) atoms. The van der Waals surface area contributed by atoms with Crippen LogP contribution in [0.1, 0.15) is 51.2 Å². The van der Waals surface area contributed by atoms with Crippen LogP contribution in [-0.2, 0) is 25.8 Å². The van der Waals surface area contributed by atoms with E-state index in [2.05, 4.69) is 25.2 Å². The number of hydroxylamine groups is 2. The minimum absolute atomic E-state index is 0.00322. The lowest BCUT2D eigenvalue weighted by Crippen LogP contribution is -2.48. The molecule has 0 saturated heterocycles. The summed E-state index contributed by atoms with van der Waals surface area (Å²) in [6.07, 6.45) is 10.8. The molecule has 2 aliphatic rings. The fourth-order valence-corrected chi connectivity index (χ4v) is 3.98. The maximum Gasteiger partial charge on any atom is 0.253 e. The molecule has 0 fully saturated rings. The average Bonchev–Trinajstić information content (AvgIpc) is 2.77. The standard InChI is InChI=1S/C25H30N2O5/c1-4-22(29)27(18(2)28)32-24(31)13-12-23(30)26-17-20-10-6-5-9-19(20)14-16-25(3)15-8-7-11-21(25)26/h5-11,14-16,21,24,31H,4,12-13,17H2,1-3H3/b16-14-/t21-,24?,25?/m0/s1. The zero-order valence-electron chi connectivity index (χ0n) is 18.7. The van der Waals surface area contributed by atoms with Gasteiger partial charge in [0.15, 0.2) is 6.29 Å². The lowest BCUT2D eigenvalue weighted by atomic mass is 9.76. The van der Waals surface area contributed by atoms with Crippen LogP contribution in [0.15, 0.2) is 54.6 Å². The van der Waals surface area contributed by atoms with E-state index in [4.69, 9.17) is 4.84 Å². The first kappa shape index (κ1) is 23.6. The van der Waals surface area contributed by atoms with Gasteiger partial charge in [-0.2, -0.15) is 5.06 Å². The summed E-state index contributed by atoms with van der Waals surface area (Å²) in [6.45, 7) is 5.29. The van der Waals surface area contributed by atoms with Crippen molar-refractivity contribution in [2.75, 3.05) is 0 Å². The number of carbonyl (C=O) groups is 3. The summed E-state index contributed by atoms with van der Waals surface area (Å²) in [4.78, 5) is 43.7. The van der Waals surface area contributed by atoms with Gasteiger partial charge in [0, 0.05) is 38.1 Å². The molecule has 1 aromatic carbocycles. The number of nitrogens with zero attached hydrogens (tertiary/aromatic N) is 2. The van der Waals surface area contributed by atoms with E-state index < -0.39 is 18.1 Å². The molecule has 0 saturated carbocycles. The number of aliphatic hydroxyl groups is 1. The van der Waals surface area contributed by atoms with Crippen LogP contribution < -0.4 is 0 Å². The van der Waals surface area contributed by atoms with Crippen LogP contribution in [0.4, 0.5) is 0 Å². The number of aliphatic hydroxyl groups excluding tert-OH is 1. The van der Waals surface area contributed by atoms with Gasteiger partial charge >= 0.3 is 0 Å². The zero-order chi connectivity index (χ0) is 23.3. The number of hydrogen-bond donors (Lipinski definition) is 1. The van der Waals surface area contributed by atoms with Gasteiger partial charge in [0.1, 0.15) is 0 Å². The number of benzene rings is 1. The number of amides is 3. The highest BCUT2D eigenvalue weighted by Gasteiger charge is 2.37. The van der Waals surface area contributed by atoms with Crippen molar-refractivity contribution >= 4 is 23.8 Å². The maximum absolute atomic E-state index is 13.3. The maximum atomic E-state index is 13.3. The number of imide groups is 1. The number of carbonyl (C=O) groups excluding carboxylic acids is 3. The first-order valence-electron chi connectivity index (χ1n) is 10.9. The molecule has 170 valence electrons. The lowest BCUT2D eigenvalue weighted by Gasteiger charge is -2.42. The van der Waals surface area contributed by atoms with E-state index in [1.807, 2.05) is 47.4 Å². The summed E-state index contributed by atoms with van der Waals surface area (Å²) in [5.41, 5.74) is 1.73. The van der Waals surface area contributed by atoms with E-state index in [0.717, 1.165) is 11.1 Å². The Morgan fingerprint density at radius 2 is 2.00 bits per heavy atom. The molecule has 0 radical (unpaired) electrons. The van der Waals surface area contributed by atoms with Gasteiger partial charge in [0.2, 0.25) is 11.8 Å². The van der Waals surface area contributed by atoms with Crippen LogP contribution in [0.25, 0.3) is 6.08 Å². The molecule has 2 unspecified atom stereocenters. The van der Waals surface area contributed by atoms with Gasteiger partial charge in [0.05, 0.1) is 6.04 Å². The monoisotopic (exact) mass is 438 g/mol. The quantitative estimate of drug-likeness (QED) is 0.544. The van der Waals surface area contributed by atoms with Crippen molar-refractivity contribution in [1.82, 2.24) is 9.96 Å². The summed E-state index contributed by atoms with van der Waals surface area (Å²) >= 11 is 0. The molecule has 3 atom stereocenters. The Kier molecular flexibility index (Phi) is 7.43. The molecule has 1 heterocycles. The van der Waals surface area contributed by atoms with Gasteiger partial charge in [0.25, 0.3) is 5.91 Å². The number of rotatable bonds is 6. The second kappa shape index (κ2) is 10.1. The Morgan fingerprint density at radius 1 is 1.25 bits per heavy atom. The largest absolute Gasteiger partial charge is 0.366 e. The summed E-state index contributed by atoms with van der Waals surface area (Å²) in [6, 6.07) is 7.77. The first-order chi connectivity index (χ1) is 15.2. The smallest absolute Gasteiger partial charge is 0.253 e. The van der Waals surface area contributed by atoms with Gasteiger partial charge in [-0.3, -0.25) is 14.4 Å². The lowest BCUT2D eigenvalue weighted by molar-refractivity contribution is -0.250. The highest BCUT2D eigenvalue weighted by Crippen LogP contribution is 2.37. The van der Waals surface area contributed by atoms with Crippen LogP contribution in [-0.4, -0.2) is 45.1 Å². The summed E-state index contributed by atoms with van der Waals surface area (Å²) in [7, 11) is 0. The van der Waals surface area contributed by atoms with E-state index >= 15 is 0 Å². The van der Waals surface area contributed by atoms with Gasteiger partial charge in [-0.15, -0.1) is 0 Å². The Balaban J connectivity index is 1.76. The molecule has 3 amide bonds. The average molecular weight is 439 g/mol. The third-order valence-electron chi connectivity index (χ3n) is 5.82.